The Bertz CT molecular complexity index is 1260. The Morgan fingerprint density at radius 2 is 1.79 bits per heavy atom. The van der Waals surface area contributed by atoms with Gasteiger partial charge in [-0.15, -0.1) is 11.3 Å². The predicted octanol–water partition coefficient (Wildman–Crippen LogP) is 5.73. The topological polar surface area (TPSA) is 65.4 Å². The minimum absolute atomic E-state index is 0.0887. The number of ether oxygens (including phenoxy) is 2. The van der Waals surface area contributed by atoms with Crippen LogP contribution in [0.15, 0.2) is 48.5 Å². The Morgan fingerprint density at radius 3 is 2.52 bits per heavy atom. The normalized spacial score (nSPS) is 11.0. The molecule has 0 saturated carbocycles. The zero-order valence-electron chi connectivity index (χ0n) is 18.9. The summed E-state index contributed by atoms with van der Waals surface area (Å²) in [6.45, 7) is 5.57. The number of amides is 1. The van der Waals surface area contributed by atoms with E-state index in [9.17, 15) is 4.79 Å². The molecule has 0 aliphatic rings. The number of hydrogen-bond acceptors (Lipinski definition) is 5. The van der Waals surface area contributed by atoms with Gasteiger partial charge in [0.1, 0.15) is 10.5 Å². The molecule has 0 aliphatic heterocycles. The number of benzene rings is 2. The lowest BCUT2D eigenvalue weighted by atomic mass is 10.1. The minimum atomic E-state index is -0.0887. The van der Waals surface area contributed by atoms with E-state index in [0.29, 0.717) is 36.1 Å². The van der Waals surface area contributed by atoms with Gasteiger partial charge in [0.15, 0.2) is 11.5 Å². The third kappa shape index (κ3) is 5.15. The van der Waals surface area contributed by atoms with E-state index in [4.69, 9.17) is 21.1 Å². The predicted molar refractivity (Wildman–Crippen MR) is 134 cm³/mol. The molecular weight excluding hydrogens is 458 g/mol. The third-order valence-corrected chi connectivity index (χ3v) is 6.61. The number of nitrogens with one attached hydrogen (secondary N) is 1. The fourth-order valence-corrected chi connectivity index (χ4v) is 4.75. The molecule has 8 heteroatoms. The van der Waals surface area contributed by atoms with Crippen LogP contribution in [-0.2, 0) is 13.5 Å². The SMILES string of the molecule is CCOc1ccc(CCNC(=O)c2cc3c(-c4ccc(Cl)cc4)nn(C)c3s2)cc1OCC. The van der Waals surface area contributed by atoms with E-state index in [1.165, 1.54) is 11.3 Å². The maximum atomic E-state index is 12.8. The van der Waals surface area contributed by atoms with Gasteiger partial charge in [0.25, 0.3) is 5.91 Å². The molecule has 1 N–H and O–H groups in total. The number of carbonyl (C=O) groups excluding carboxylic acids is 1. The van der Waals surface area contributed by atoms with Gasteiger partial charge in [-0.3, -0.25) is 9.48 Å². The molecule has 2 aromatic heterocycles. The minimum Gasteiger partial charge on any atom is -0.490 e. The monoisotopic (exact) mass is 483 g/mol. The highest BCUT2D eigenvalue weighted by molar-refractivity contribution is 7.20. The van der Waals surface area contributed by atoms with Gasteiger partial charge in [-0.05, 0) is 56.2 Å². The molecule has 4 rings (SSSR count). The van der Waals surface area contributed by atoms with Gasteiger partial charge in [0.2, 0.25) is 0 Å². The summed E-state index contributed by atoms with van der Waals surface area (Å²) >= 11 is 7.46. The van der Waals surface area contributed by atoms with Crippen LogP contribution in [0.1, 0.15) is 29.1 Å². The van der Waals surface area contributed by atoms with Crippen LogP contribution in [0.25, 0.3) is 21.5 Å². The summed E-state index contributed by atoms with van der Waals surface area (Å²) in [6.07, 6.45) is 0.695. The largest absolute Gasteiger partial charge is 0.490 e. The van der Waals surface area contributed by atoms with Gasteiger partial charge in [0.05, 0.1) is 18.1 Å². The highest BCUT2D eigenvalue weighted by Gasteiger charge is 2.18. The Balaban J connectivity index is 1.45. The van der Waals surface area contributed by atoms with Crippen molar-refractivity contribution in [2.45, 2.75) is 20.3 Å². The maximum Gasteiger partial charge on any atom is 0.261 e. The van der Waals surface area contributed by atoms with E-state index in [1.807, 2.05) is 74.1 Å². The zero-order valence-corrected chi connectivity index (χ0v) is 20.4. The number of thiophene rings is 1. The van der Waals surface area contributed by atoms with Gasteiger partial charge in [-0.2, -0.15) is 5.10 Å². The van der Waals surface area contributed by atoms with Gasteiger partial charge in [-0.1, -0.05) is 29.8 Å². The zero-order chi connectivity index (χ0) is 23.4. The molecule has 0 unspecified atom stereocenters. The first kappa shape index (κ1) is 23.1. The molecule has 172 valence electrons. The summed E-state index contributed by atoms with van der Waals surface area (Å²) in [6, 6.07) is 15.4. The van der Waals surface area contributed by atoms with E-state index >= 15 is 0 Å². The summed E-state index contributed by atoms with van der Waals surface area (Å²) in [5.74, 6) is 1.38. The van der Waals surface area contributed by atoms with Crippen molar-refractivity contribution in [2.24, 2.45) is 7.05 Å². The molecule has 1 amide bonds. The second-order valence-corrected chi connectivity index (χ2v) is 8.93. The summed E-state index contributed by atoms with van der Waals surface area (Å²) in [5, 5.41) is 9.29. The van der Waals surface area contributed by atoms with E-state index < -0.39 is 0 Å². The number of aryl methyl sites for hydroxylation is 1. The lowest BCUT2D eigenvalue weighted by molar-refractivity contribution is 0.0958. The molecule has 0 saturated heterocycles. The molecule has 33 heavy (non-hydrogen) atoms. The van der Waals surface area contributed by atoms with Crippen LogP contribution in [-0.4, -0.2) is 35.4 Å². The van der Waals surface area contributed by atoms with E-state index in [0.717, 1.165) is 38.5 Å². The second-order valence-electron chi connectivity index (χ2n) is 7.46. The van der Waals surface area contributed by atoms with Gasteiger partial charge in [-0.25, -0.2) is 0 Å². The number of carbonyl (C=O) groups is 1. The molecule has 0 aliphatic carbocycles. The fourth-order valence-electron chi connectivity index (χ4n) is 3.63. The standard InChI is InChI=1S/C25H26ClN3O3S/c1-4-31-20-11-6-16(14-21(20)32-5-2)12-13-27-24(30)22-15-19-23(28-29(3)25(19)33-22)17-7-9-18(26)10-8-17/h6-11,14-15H,4-5,12-13H2,1-3H3,(H,27,30). The quantitative estimate of drug-likeness (QED) is 0.330. The average Bonchev–Trinajstić information content (AvgIpc) is 3.37. The summed E-state index contributed by atoms with van der Waals surface area (Å²) in [4.78, 5) is 14.4. The number of rotatable bonds is 9. The van der Waals surface area contributed by atoms with Crippen molar-refractivity contribution in [3.63, 3.8) is 0 Å². The smallest absolute Gasteiger partial charge is 0.261 e. The van der Waals surface area contributed by atoms with E-state index in [2.05, 4.69) is 10.4 Å². The summed E-state index contributed by atoms with van der Waals surface area (Å²) in [5.41, 5.74) is 2.89. The lowest BCUT2D eigenvalue weighted by Crippen LogP contribution is -2.24. The molecule has 2 heterocycles. The van der Waals surface area contributed by atoms with Crippen LogP contribution in [0.2, 0.25) is 5.02 Å². The van der Waals surface area contributed by atoms with Crippen molar-refractivity contribution in [2.75, 3.05) is 19.8 Å². The van der Waals surface area contributed by atoms with Gasteiger partial charge in [0, 0.05) is 29.6 Å². The number of aromatic nitrogens is 2. The average molecular weight is 484 g/mol. The van der Waals surface area contributed by atoms with Gasteiger partial charge < -0.3 is 14.8 Å². The molecular formula is C25H26ClN3O3S. The third-order valence-electron chi connectivity index (χ3n) is 5.16. The van der Waals surface area contributed by atoms with Crippen molar-refractivity contribution < 1.29 is 14.3 Å². The summed E-state index contributed by atoms with van der Waals surface area (Å²) in [7, 11) is 1.89. The molecule has 6 nitrogen and oxygen atoms in total. The molecule has 0 spiro atoms. The van der Waals surface area contributed by atoms with Crippen LogP contribution < -0.4 is 14.8 Å². The Kier molecular flexibility index (Phi) is 7.20. The number of halogens is 1. The molecule has 2 aromatic carbocycles. The van der Waals surface area contributed by atoms with Crippen LogP contribution in [0, 0.1) is 0 Å². The van der Waals surface area contributed by atoms with Crippen LogP contribution in [0.3, 0.4) is 0 Å². The Labute approximate surface area is 202 Å². The van der Waals surface area contributed by atoms with Crippen molar-refractivity contribution in [1.29, 1.82) is 0 Å². The molecule has 0 fully saturated rings. The van der Waals surface area contributed by atoms with Crippen molar-refractivity contribution in [3.8, 4) is 22.8 Å². The lowest BCUT2D eigenvalue weighted by Gasteiger charge is -2.12. The summed E-state index contributed by atoms with van der Waals surface area (Å²) < 4.78 is 13.1. The van der Waals surface area contributed by atoms with Crippen LogP contribution in [0.4, 0.5) is 0 Å². The van der Waals surface area contributed by atoms with Crippen LogP contribution >= 0.6 is 22.9 Å². The first-order valence-corrected chi connectivity index (χ1v) is 12.1. The van der Waals surface area contributed by atoms with E-state index in [1.54, 1.807) is 0 Å². The van der Waals surface area contributed by atoms with E-state index in [-0.39, 0.29) is 5.91 Å². The fraction of sp³-hybridized carbons (Fsp3) is 0.280. The molecule has 0 atom stereocenters. The maximum absolute atomic E-state index is 12.8. The first-order chi connectivity index (χ1) is 16.0. The second kappa shape index (κ2) is 10.3. The first-order valence-electron chi connectivity index (χ1n) is 10.9. The Hall–Kier alpha value is -3.03. The van der Waals surface area contributed by atoms with Crippen molar-refractivity contribution >= 4 is 39.1 Å². The van der Waals surface area contributed by atoms with Crippen molar-refractivity contribution in [3.05, 3.63) is 64.0 Å². The number of hydrogen-bond donors (Lipinski definition) is 1. The molecule has 0 bridgehead atoms. The molecule has 0 radical (unpaired) electrons. The highest BCUT2D eigenvalue weighted by atomic mass is 35.5. The number of fused-ring (bicyclic) bond motifs is 1. The molecule has 4 aromatic rings. The van der Waals surface area contributed by atoms with Crippen LogP contribution in [0.5, 0.6) is 11.5 Å². The number of nitrogens with zero attached hydrogens (tertiary/aromatic N) is 2. The van der Waals surface area contributed by atoms with Crippen molar-refractivity contribution in [1.82, 2.24) is 15.1 Å². The van der Waals surface area contributed by atoms with Gasteiger partial charge >= 0.3 is 0 Å². The Morgan fingerprint density at radius 1 is 1.06 bits per heavy atom. The highest BCUT2D eigenvalue weighted by Crippen LogP contribution is 2.34.